The van der Waals surface area contributed by atoms with Crippen LogP contribution in [0.1, 0.15) is 65.0 Å². The number of nitrogens with one attached hydrogen (secondary N) is 2. The number of aromatic nitrogens is 1. The van der Waals surface area contributed by atoms with Gasteiger partial charge in [0, 0.05) is 17.8 Å². The van der Waals surface area contributed by atoms with Gasteiger partial charge in [-0.1, -0.05) is 6.08 Å². The standard InChI is InChI=1S/C23H28N2O4S/c1-6-13(2)21-15(4)10-17(29-30(28)18-7-8-18)11-19(21)22(26)24-12-20-14(3)9-16(5)25-23(20)27/h6,9-11,18H,7-8,12H2,1-5H3,(H,24,26)(H,25,27)/b13-6-. The minimum absolute atomic E-state index is 0.0794. The number of carbonyl (C=O) groups is 1. The van der Waals surface area contributed by atoms with E-state index in [2.05, 4.69) is 10.3 Å². The van der Waals surface area contributed by atoms with Crippen molar-refractivity contribution in [3.05, 3.63) is 68.1 Å². The first kappa shape index (κ1) is 22.0. The average Bonchev–Trinajstić information content (AvgIpc) is 3.51. The van der Waals surface area contributed by atoms with Crippen LogP contribution in [-0.2, 0) is 17.6 Å². The van der Waals surface area contributed by atoms with Gasteiger partial charge in [-0.15, -0.1) is 0 Å². The summed E-state index contributed by atoms with van der Waals surface area (Å²) in [6.07, 6.45) is 3.75. The first-order valence-corrected chi connectivity index (χ1v) is 11.2. The molecular formula is C23H28N2O4S. The van der Waals surface area contributed by atoms with Gasteiger partial charge in [-0.25, -0.2) is 4.21 Å². The molecule has 2 aromatic rings. The molecule has 0 saturated heterocycles. The van der Waals surface area contributed by atoms with Gasteiger partial charge in [-0.3, -0.25) is 9.59 Å². The molecule has 0 spiro atoms. The number of pyridine rings is 1. The molecule has 1 saturated carbocycles. The van der Waals surface area contributed by atoms with E-state index >= 15 is 0 Å². The molecule has 0 aliphatic heterocycles. The van der Waals surface area contributed by atoms with Crippen molar-refractivity contribution in [2.24, 2.45) is 0 Å². The fourth-order valence-corrected chi connectivity index (χ4v) is 4.38. The zero-order valence-electron chi connectivity index (χ0n) is 18.0. The first-order chi connectivity index (χ1) is 14.2. The highest BCUT2D eigenvalue weighted by Gasteiger charge is 2.31. The number of allylic oxidation sites excluding steroid dienone is 2. The van der Waals surface area contributed by atoms with Crippen LogP contribution in [-0.4, -0.2) is 20.3 Å². The third-order valence-corrected chi connectivity index (χ3v) is 6.65. The second kappa shape index (κ2) is 9.00. The van der Waals surface area contributed by atoms with E-state index in [4.69, 9.17) is 4.18 Å². The van der Waals surface area contributed by atoms with Gasteiger partial charge in [0.25, 0.3) is 11.5 Å². The van der Waals surface area contributed by atoms with Gasteiger partial charge in [0.1, 0.15) is 5.75 Å². The molecule has 1 atom stereocenters. The Morgan fingerprint density at radius 3 is 2.53 bits per heavy atom. The largest absolute Gasteiger partial charge is 0.400 e. The van der Waals surface area contributed by atoms with E-state index in [1.165, 1.54) is 0 Å². The predicted octanol–water partition coefficient (Wildman–Crippen LogP) is 3.86. The van der Waals surface area contributed by atoms with Gasteiger partial charge in [0.05, 0.1) is 10.8 Å². The number of rotatable bonds is 7. The highest BCUT2D eigenvalue weighted by Crippen LogP contribution is 2.32. The third-order valence-electron chi connectivity index (χ3n) is 5.28. The third kappa shape index (κ3) is 4.90. The lowest BCUT2D eigenvalue weighted by Gasteiger charge is -2.16. The minimum atomic E-state index is -1.39. The molecule has 0 bridgehead atoms. The lowest BCUT2D eigenvalue weighted by Crippen LogP contribution is -2.28. The molecule has 1 aromatic carbocycles. The van der Waals surface area contributed by atoms with Gasteiger partial charge >= 0.3 is 0 Å². The second-order valence-electron chi connectivity index (χ2n) is 7.80. The Bertz CT molecular complexity index is 1100. The van der Waals surface area contributed by atoms with Crippen molar-refractivity contribution in [3.8, 4) is 5.75 Å². The highest BCUT2D eigenvalue weighted by atomic mass is 32.2. The van der Waals surface area contributed by atoms with E-state index in [0.29, 0.717) is 16.9 Å². The number of hydrogen-bond donors (Lipinski definition) is 2. The van der Waals surface area contributed by atoms with Crippen LogP contribution < -0.4 is 15.1 Å². The molecule has 160 valence electrons. The summed E-state index contributed by atoms with van der Waals surface area (Å²) in [6, 6.07) is 5.33. The quantitative estimate of drug-likeness (QED) is 0.701. The van der Waals surface area contributed by atoms with Crippen LogP contribution in [0, 0.1) is 20.8 Å². The number of hydrogen-bond acceptors (Lipinski definition) is 4. The van der Waals surface area contributed by atoms with E-state index in [9.17, 15) is 13.8 Å². The predicted molar refractivity (Wildman–Crippen MR) is 120 cm³/mol. The van der Waals surface area contributed by atoms with Crippen molar-refractivity contribution < 1.29 is 13.2 Å². The molecule has 1 aliphatic carbocycles. The summed E-state index contributed by atoms with van der Waals surface area (Å²) in [5.74, 6) is 0.108. The van der Waals surface area contributed by atoms with Crippen LogP contribution in [0.3, 0.4) is 0 Å². The number of H-pyrrole nitrogens is 1. The lowest BCUT2D eigenvalue weighted by atomic mass is 9.94. The van der Waals surface area contributed by atoms with E-state index < -0.39 is 11.1 Å². The summed E-state index contributed by atoms with van der Waals surface area (Å²) >= 11 is -1.39. The van der Waals surface area contributed by atoms with E-state index in [1.54, 1.807) is 6.07 Å². The van der Waals surface area contributed by atoms with Gasteiger partial charge in [0.2, 0.25) is 11.1 Å². The molecule has 1 unspecified atom stereocenters. The summed E-state index contributed by atoms with van der Waals surface area (Å²) in [6.45, 7) is 9.55. The van der Waals surface area contributed by atoms with Gasteiger partial charge in [0.15, 0.2) is 0 Å². The molecule has 2 N–H and O–H groups in total. The molecule has 6 nitrogen and oxygen atoms in total. The summed E-state index contributed by atoms with van der Waals surface area (Å²) in [7, 11) is 0. The Labute approximate surface area is 179 Å². The van der Waals surface area contributed by atoms with Crippen LogP contribution in [0.25, 0.3) is 5.57 Å². The Morgan fingerprint density at radius 1 is 1.23 bits per heavy atom. The van der Waals surface area contributed by atoms with Crippen molar-refractivity contribution in [3.63, 3.8) is 0 Å². The molecule has 3 rings (SSSR count). The lowest BCUT2D eigenvalue weighted by molar-refractivity contribution is 0.0950. The maximum absolute atomic E-state index is 13.1. The molecule has 7 heteroatoms. The maximum Gasteiger partial charge on any atom is 0.253 e. The van der Waals surface area contributed by atoms with E-state index in [-0.39, 0.29) is 23.3 Å². The molecule has 30 heavy (non-hydrogen) atoms. The van der Waals surface area contributed by atoms with E-state index in [1.807, 2.05) is 52.8 Å². The number of aromatic amines is 1. The second-order valence-corrected chi connectivity index (χ2v) is 9.16. The molecule has 1 aromatic heterocycles. The summed E-state index contributed by atoms with van der Waals surface area (Å²) in [5, 5.41) is 2.94. The van der Waals surface area contributed by atoms with Gasteiger partial charge in [-0.05, 0) is 87.9 Å². The monoisotopic (exact) mass is 428 g/mol. The van der Waals surface area contributed by atoms with Crippen LogP contribution in [0.15, 0.2) is 29.1 Å². The number of carbonyl (C=O) groups excluding carboxylic acids is 1. The maximum atomic E-state index is 13.1. The smallest absolute Gasteiger partial charge is 0.253 e. The fraction of sp³-hybridized carbons (Fsp3) is 0.391. The Morgan fingerprint density at radius 2 is 1.93 bits per heavy atom. The molecule has 1 amide bonds. The van der Waals surface area contributed by atoms with Crippen LogP contribution in [0.4, 0.5) is 0 Å². The minimum Gasteiger partial charge on any atom is -0.400 e. The average molecular weight is 429 g/mol. The summed E-state index contributed by atoms with van der Waals surface area (Å²) in [5.41, 5.74) is 5.01. The van der Waals surface area contributed by atoms with Crippen molar-refractivity contribution in [1.29, 1.82) is 0 Å². The van der Waals surface area contributed by atoms with Gasteiger partial charge in [-0.2, -0.15) is 0 Å². The molecule has 1 heterocycles. The Balaban J connectivity index is 1.91. The van der Waals surface area contributed by atoms with Crippen LogP contribution in [0.5, 0.6) is 5.75 Å². The zero-order chi connectivity index (χ0) is 22.0. The zero-order valence-corrected chi connectivity index (χ0v) is 18.9. The Hall–Kier alpha value is -2.67. The Kier molecular flexibility index (Phi) is 6.61. The van der Waals surface area contributed by atoms with Crippen molar-refractivity contribution in [1.82, 2.24) is 10.3 Å². The van der Waals surface area contributed by atoms with E-state index in [0.717, 1.165) is 40.8 Å². The molecular weight excluding hydrogens is 400 g/mol. The first-order valence-electron chi connectivity index (χ1n) is 10.1. The van der Waals surface area contributed by atoms with Crippen LogP contribution in [0.2, 0.25) is 0 Å². The number of benzene rings is 1. The molecule has 0 radical (unpaired) electrons. The van der Waals surface area contributed by atoms with Crippen molar-refractivity contribution >= 4 is 22.6 Å². The number of amides is 1. The summed E-state index contributed by atoms with van der Waals surface area (Å²) < 4.78 is 17.8. The topological polar surface area (TPSA) is 88.3 Å². The van der Waals surface area contributed by atoms with Crippen LogP contribution >= 0.6 is 0 Å². The fourth-order valence-electron chi connectivity index (χ4n) is 3.44. The van der Waals surface area contributed by atoms with Gasteiger partial charge < -0.3 is 14.5 Å². The SMILES string of the molecule is C/C=C(/C)c1c(C)cc(OS(=O)C2CC2)cc1C(=O)NCc1c(C)cc(C)[nH]c1=O. The normalized spacial score (nSPS) is 15.0. The number of aryl methyl sites for hydroxylation is 3. The van der Waals surface area contributed by atoms with Crippen molar-refractivity contribution in [2.45, 2.75) is 59.3 Å². The highest BCUT2D eigenvalue weighted by molar-refractivity contribution is 7.81. The summed E-state index contributed by atoms with van der Waals surface area (Å²) in [4.78, 5) is 28.1. The molecule has 1 fully saturated rings. The van der Waals surface area contributed by atoms with Crippen molar-refractivity contribution in [2.75, 3.05) is 0 Å². The molecule has 1 aliphatic rings.